The molecule has 3 aromatic carbocycles. The SMILES string of the molecule is O=C(O)c1cc2nc(-c3cccc(Cl)c3)cc(-c3ccc(OCc4ccccc4)cc3)n2n1. The highest BCUT2D eigenvalue weighted by Gasteiger charge is 2.16. The Bertz CT molecular complexity index is 1450. The number of aromatic nitrogens is 3. The van der Waals surface area contributed by atoms with Gasteiger partial charge in [-0.15, -0.1) is 0 Å². The number of aromatic carboxylic acids is 1. The standard InChI is InChI=1S/C26H18ClN3O3/c27-20-8-4-7-19(13-20)22-14-24(30-25(28-22)15-23(29-30)26(31)32)18-9-11-21(12-10-18)33-16-17-5-2-1-3-6-17/h1-15H,16H2,(H,31,32). The zero-order valence-corrected chi connectivity index (χ0v) is 18.1. The Morgan fingerprint density at radius 1 is 0.909 bits per heavy atom. The van der Waals surface area contributed by atoms with Gasteiger partial charge in [0.05, 0.1) is 11.4 Å². The molecule has 0 bridgehead atoms. The molecule has 0 fully saturated rings. The van der Waals surface area contributed by atoms with Gasteiger partial charge in [-0.05, 0) is 48.0 Å². The Labute approximate surface area is 194 Å². The summed E-state index contributed by atoms with van der Waals surface area (Å²) in [5.41, 5.74) is 4.49. The summed E-state index contributed by atoms with van der Waals surface area (Å²) in [7, 11) is 0. The van der Waals surface area contributed by atoms with Gasteiger partial charge in [0.2, 0.25) is 0 Å². The largest absolute Gasteiger partial charge is 0.489 e. The number of rotatable bonds is 6. The lowest BCUT2D eigenvalue weighted by Gasteiger charge is -2.10. The third-order valence-corrected chi connectivity index (χ3v) is 5.40. The summed E-state index contributed by atoms with van der Waals surface area (Å²) in [5, 5.41) is 14.3. The number of halogens is 1. The van der Waals surface area contributed by atoms with Gasteiger partial charge in [0, 0.05) is 22.2 Å². The maximum absolute atomic E-state index is 11.5. The van der Waals surface area contributed by atoms with Crippen LogP contribution in [0.5, 0.6) is 5.75 Å². The van der Waals surface area contributed by atoms with Crippen LogP contribution in [0.4, 0.5) is 0 Å². The van der Waals surface area contributed by atoms with Crippen molar-refractivity contribution in [3.05, 3.63) is 107 Å². The number of fused-ring (bicyclic) bond motifs is 1. The average Bonchev–Trinajstić information content (AvgIpc) is 3.28. The molecule has 0 amide bonds. The first kappa shape index (κ1) is 20.7. The molecule has 0 saturated heterocycles. The minimum atomic E-state index is -1.11. The Kier molecular flexibility index (Phi) is 5.50. The van der Waals surface area contributed by atoms with E-state index in [-0.39, 0.29) is 5.69 Å². The first-order chi connectivity index (χ1) is 16.1. The maximum Gasteiger partial charge on any atom is 0.356 e. The highest BCUT2D eigenvalue weighted by atomic mass is 35.5. The number of carbonyl (C=O) groups is 1. The molecular weight excluding hydrogens is 438 g/mol. The smallest absolute Gasteiger partial charge is 0.356 e. The molecule has 33 heavy (non-hydrogen) atoms. The Hall–Kier alpha value is -4.16. The van der Waals surface area contributed by atoms with Gasteiger partial charge in [-0.2, -0.15) is 5.10 Å². The third-order valence-electron chi connectivity index (χ3n) is 5.17. The van der Waals surface area contributed by atoms with E-state index < -0.39 is 5.97 Å². The van der Waals surface area contributed by atoms with Crippen molar-refractivity contribution in [2.75, 3.05) is 0 Å². The van der Waals surface area contributed by atoms with Gasteiger partial charge in [-0.1, -0.05) is 54.1 Å². The monoisotopic (exact) mass is 455 g/mol. The minimum Gasteiger partial charge on any atom is -0.489 e. The second-order valence-corrected chi connectivity index (χ2v) is 7.88. The van der Waals surface area contributed by atoms with Gasteiger partial charge in [0.25, 0.3) is 0 Å². The van der Waals surface area contributed by atoms with Crippen LogP contribution < -0.4 is 4.74 Å². The lowest BCUT2D eigenvalue weighted by Crippen LogP contribution is -2.01. The van der Waals surface area contributed by atoms with Crippen LogP contribution in [0.15, 0.2) is 91.0 Å². The number of hydrogen-bond donors (Lipinski definition) is 1. The summed E-state index contributed by atoms with van der Waals surface area (Å²) in [6.07, 6.45) is 0. The fourth-order valence-electron chi connectivity index (χ4n) is 3.54. The zero-order valence-electron chi connectivity index (χ0n) is 17.4. The van der Waals surface area contributed by atoms with Gasteiger partial charge in [0.1, 0.15) is 12.4 Å². The molecule has 0 spiro atoms. The lowest BCUT2D eigenvalue weighted by molar-refractivity contribution is 0.0690. The van der Waals surface area contributed by atoms with Crippen molar-refractivity contribution in [1.82, 2.24) is 14.6 Å². The molecule has 5 aromatic rings. The molecule has 1 N–H and O–H groups in total. The summed E-state index contributed by atoms with van der Waals surface area (Å²) in [4.78, 5) is 16.1. The van der Waals surface area contributed by atoms with E-state index in [9.17, 15) is 9.90 Å². The van der Waals surface area contributed by atoms with Crippen LogP contribution in [-0.2, 0) is 6.61 Å². The maximum atomic E-state index is 11.5. The van der Waals surface area contributed by atoms with Gasteiger partial charge in [0.15, 0.2) is 11.3 Å². The molecule has 2 heterocycles. The Morgan fingerprint density at radius 3 is 2.42 bits per heavy atom. The average molecular weight is 456 g/mol. The summed E-state index contributed by atoms with van der Waals surface area (Å²) < 4.78 is 7.42. The molecule has 0 aliphatic rings. The van der Waals surface area contributed by atoms with Crippen molar-refractivity contribution in [2.24, 2.45) is 0 Å². The molecule has 0 unspecified atom stereocenters. The van der Waals surface area contributed by atoms with Gasteiger partial charge >= 0.3 is 5.97 Å². The van der Waals surface area contributed by atoms with Gasteiger partial charge in [-0.25, -0.2) is 14.3 Å². The number of nitrogens with zero attached hydrogens (tertiary/aromatic N) is 3. The van der Waals surface area contributed by atoms with Crippen LogP contribution in [0.1, 0.15) is 16.1 Å². The van der Waals surface area contributed by atoms with Crippen molar-refractivity contribution in [3.8, 4) is 28.3 Å². The fraction of sp³-hybridized carbons (Fsp3) is 0.0385. The molecular formula is C26H18ClN3O3. The van der Waals surface area contributed by atoms with E-state index in [1.54, 1.807) is 6.07 Å². The van der Waals surface area contributed by atoms with Crippen molar-refractivity contribution in [3.63, 3.8) is 0 Å². The van der Waals surface area contributed by atoms with Crippen molar-refractivity contribution in [1.29, 1.82) is 0 Å². The van der Waals surface area contributed by atoms with E-state index in [0.29, 0.717) is 28.7 Å². The second-order valence-electron chi connectivity index (χ2n) is 7.44. The van der Waals surface area contributed by atoms with Crippen LogP contribution in [-0.4, -0.2) is 25.7 Å². The van der Waals surface area contributed by atoms with Gasteiger partial charge in [-0.3, -0.25) is 0 Å². The molecule has 0 radical (unpaired) electrons. The fourth-order valence-corrected chi connectivity index (χ4v) is 3.73. The lowest BCUT2D eigenvalue weighted by atomic mass is 10.1. The van der Waals surface area contributed by atoms with Crippen LogP contribution in [0.2, 0.25) is 5.02 Å². The molecule has 0 aliphatic carbocycles. The molecule has 0 atom stereocenters. The molecule has 0 saturated carbocycles. The Balaban J connectivity index is 1.53. The zero-order chi connectivity index (χ0) is 22.8. The number of ether oxygens (including phenoxy) is 1. The van der Waals surface area contributed by atoms with E-state index in [1.807, 2.05) is 78.9 Å². The van der Waals surface area contributed by atoms with E-state index in [0.717, 1.165) is 22.4 Å². The third kappa shape index (κ3) is 4.42. The van der Waals surface area contributed by atoms with E-state index >= 15 is 0 Å². The van der Waals surface area contributed by atoms with Crippen LogP contribution in [0.3, 0.4) is 0 Å². The topological polar surface area (TPSA) is 76.7 Å². The molecule has 162 valence electrons. The van der Waals surface area contributed by atoms with Crippen LogP contribution >= 0.6 is 11.6 Å². The number of hydrogen-bond acceptors (Lipinski definition) is 4. The first-order valence-electron chi connectivity index (χ1n) is 10.2. The van der Waals surface area contributed by atoms with E-state index in [1.165, 1.54) is 10.6 Å². The van der Waals surface area contributed by atoms with Crippen LogP contribution in [0, 0.1) is 0 Å². The second kappa shape index (κ2) is 8.76. The van der Waals surface area contributed by atoms with E-state index in [2.05, 4.69) is 10.1 Å². The quantitative estimate of drug-likeness (QED) is 0.340. The molecule has 7 heteroatoms. The molecule has 0 aliphatic heterocycles. The molecule has 2 aromatic heterocycles. The predicted molar refractivity (Wildman–Crippen MR) is 127 cm³/mol. The summed E-state index contributed by atoms with van der Waals surface area (Å²) >= 11 is 6.17. The summed E-state index contributed by atoms with van der Waals surface area (Å²) in [5.74, 6) is -0.380. The first-order valence-corrected chi connectivity index (χ1v) is 10.6. The summed E-state index contributed by atoms with van der Waals surface area (Å²) in [6, 6.07) is 28.2. The number of carboxylic acid groups (broad SMARTS) is 1. The molecule has 6 nitrogen and oxygen atoms in total. The van der Waals surface area contributed by atoms with Crippen LogP contribution in [0.25, 0.3) is 28.2 Å². The van der Waals surface area contributed by atoms with Gasteiger partial charge < -0.3 is 9.84 Å². The number of carboxylic acids is 1. The highest BCUT2D eigenvalue weighted by molar-refractivity contribution is 6.30. The van der Waals surface area contributed by atoms with Crippen molar-refractivity contribution < 1.29 is 14.6 Å². The van der Waals surface area contributed by atoms with E-state index in [4.69, 9.17) is 16.3 Å². The Morgan fingerprint density at radius 2 is 1.70 bits per heavy atom. The minimum absolute atomic E-state index is 0.0743. The van der Waals surface area contributed by atoms with Crippen molar-refractivity contribution in [2.45, 2.75) is 6.61 Å². The van der Waals surface area contributed by atoms with Crippen molar-refractivity contribution >= 4 is 23.2 Å². The highest BCUT2D eigenvalue weighted by Crippen LogP contribution is 2.29. The number of benzene rings is 3. The predicted octanol–water partition coefficient (Wildman–Crippen LogP) is 5.99. The molecule has 5 rings (SSSR count). The summed E-state index contributed by atoms with van der Waals surface area (Å²) in [6.45, 7) is 0.472. The normalized spacial score (nSPS) is 10.9.